The largest absolute Gasteiger partial charge is 0.426 e. The van der Waals surface area contributed by atoms with Crippen molar-refractivity contribution in [3.05, 3.63) is 120 Å². The molecule has 6 aliphatic rings. The Bertz CT molecular complexity index is 3710. The number of alkyl halides is 12. The number of hydrogen-bond donors (Lipinski definition) is 4. The molecule has 0 unspecified atom stereocenters. The van der Waals surface area contributed by atoms with Crippen LogP contribution < -0.4 is 0 Å². The first-order valence-corrected chi connectivity index (χ1v) is 39.3. The molecule has 0 radical (unpaired) electrons. The Kier molecular flexibility index (Phi) is 28.2. The Balaban J connectivity index is 0.000000188. The van der Waals surface area contributed by atoms with Crippen LogP contribution in [-0.2, 0) is 26.1 Å². The summed E-state index contributed by atoms with van der Waals surface area (Å²) in [5, 5.41) is 63.4. The number of unbranched alkanes of at least 4 members (excludes halogenated alkanes) is 1. The maximum absolute atomic E-state index is 13.2. The van der Waals surface area contributed by atoms with E-state index in [1.807, 2.05) is 68.9 Å². The smallest absolute Gasteiger partial charge is 0.396 e. The van der Waals surface area contributed by atoms with Gasteiger partial charge >= 0.3 is 24.7 Å². The van der Waals surface area contributed by atoms with Gasteiger partial charge in [0.2, 0.25) is 0 Å². The summed E-state index contributed by atoms with van der Waals surface area (Å²) in [6, 6.07) is 15.8. The lowest BCUT2D eigenvalue weighted by Gasteiger charge is -2.44. The van der Waals surface area contributed by atoms with Crippen molar-refractivity contribution < 1.29 is 77.5 Å². The van der Waals surface area contributed by atoms with E-state index in [1.54, 1.807) is 33.3 Å². The van der Waals surface area contributed by atoms with E-state index in [9.17, 15) is 72.4 Å². The molecule has 0 aliphatic heterocycles. The Labute approximate surface area is 628 Å². The predicted molar refractivity (Wildman–Crippen MR) is 389 cm³/mol. The van der Waals surface area contributed by atoms with Gasteiger partial charge in [-0.2, -0.15) is 52.7 Å². The molecule has 5 aromatic rings. The number of fused-ring (bicyclic) bond motifs is 3. The summed E-state index contributed by atoms with van der Waals surface area (Å²) in [5.74, 6) is 2.81. The SMILES string of the molecule is C[C@H](CCCC(C)(C)O)[C@H]1CC[C@H]2/C(=C/Cn3cc(CCCCO)nn3)CCC[C@]12C.C[C@H](CCCC(O)(C(F)(F)F)C(F)(F)F)[C@H]1CC[C@H]2/C(=C/Cn3cc(-c4ccc(F)cc4)nn3)CCC[C@]12C.C[C@H](CCCC(O)(C(F)(F)F)C(F)(F)F)[C@H]1CC[C@H]2/C(=C/Cn3cc(-c4ccccc4)nn3)CCC[C@]12C. The highest BCUT2D eigenvalue weighted by molar-refractivity contribution is 5.58. The molecule has 12 atom stereocenters. The number of aryl methyl sites for hydroxylation is 1. The first-order valence-electron chi connectivity index (χ1n) is 39.3. The van der Waals surface area contributed by atoms with Crippen molar-refractivity contribution in [1.29, 1.82) is 0 Å². The summed E-state index contributed by atoms with van der Waals surface area (Å²) in [6.07, 6.45) is 8.42. The second-order valence-electron chi connectivity index (χ2n) is 33.9. The van der Waals surface area contributed by atoms with E-state index >= 15 is 0 Å². The van der Waals surface area contributed by atoms with Crippen LogP contribution >= 0.6 is 0 Å². The molecule has 6 aliphatic carbocycles. The van der Waals surface area contributed by atoms with Crippen molar-refractivity contribution >= 4 is 0 Å². The molecule has 26 heteroatoms. The first-order chi connectivity index (χ1) is 50.6. The van der Waals surface area contributed by atoms with Gasteiger partial charge in [0.15, 0.2) is 0 Å². The van der Waals surface area contributed by atoms with Crippen molar-refractivity contribution in [3.63, 3.8) is 0 Å². The van der Waals surface area contributed by atoms with Crippen LogP contribution in [0.15, 0.2) is 108 Å². The van der Waals surface area contributed by atoms with Gasteiger partial charge in [0.05, 0.1) is 43.3 Å². The van der Waals surface area contributed by atoms with Crippen LogP contribution in [0.25, 0.3) is 22.5 Å². The predicted octanol–water partition coefficient (Wildman–Crippen LogP) is 21.0. The van der Waals surface area contributed by atoms with Crippen LogP contribution in [0, 0.1) is 75.3 Å². The molecule has 6 saturated carbocycles. The molecule has 602 valence electrons. The topological polar surface area (TPSA) is 173 Å². The average Bonchev–Trinajstić information content (AvgIpc) is 1.61. The van der Waals surface area contributed by atoms with Crippen molar-refractivity contribution in [2.75, 3.05) is 6.61 Å². The van der Waals surface area contributed by atoms with Crippen molar-refractivity contribution in [3.8, 4) is 22.5 Å². The van der Waals surface area contributed by atoms with Gasteiger partial charge in [0, 0.05) is 23.9 Å². The molecule has 108 heavy (non-hydrogen) atoms. The molecule has 0 amide bonds. The molecule has 4 N–H and O–H groups in total. The first kappa shape index (κ1) is 86.0. The number of nitrogens with zero attached hydrogens (tertiary/aromatic N) is 9. The minimum atomic E-state index is -5.77. The number of aliphatic hydroxyl groups is 4. The third-order valence-electron chi connectivity index (χ3n) is 26.2. The maximum Gasteiger partial charge on any atom is 0.426 e. The molecular weight excluding hydrogens is 1420 g/mol. The zero-order chi connectivity index (χ0) is 78.9. The molecule has 0 bridgehead atoms. The standard InChI is InChI=1S/C28H34F7N3O.C28H35F6N3O.C26H45N3O2/c1-18(5-3-15-26(39,27(30,31)32)28(33,34)35)22-11-12-23-19(6-4-14-25(22,23)2)13-16-38-17-24(36-37-38)20-7-9-21(29)10-8-20;1-19(8-6-16-26(38,27(29,30)31)28(32,33)34)22-12-13-23-20(11-7-15-25(22,23)2)14-17-37-18-24(35-36-37)21-9-4-3-5-10-21;1-20(9-7-15-25(2,3)31)23-12-13-24-21(10-8-16-26(23,24)4)14-17-29-19-22(27-28-29)11-5-6-18-30/h7-10,13,17-18,22-23,39H,3-6,11-12,14-16H2,1-2H3;3-5,9-10,14,18-19,22-23,38H,6-8,11-13,15-17H2,1-2H3;14,19-20,23-24,30-31H,5-13,15-18H2,1-4H3/b19-13+;20-14+;21-14+/t18-,22-,23+,25-;19-,22-,23+,25-;20-,23-,24+,26-/m111/s1. The van der Waals surface area contributed by atoms with Crippen LogP contribution in [0.2, 0.25) is 0 Å². The molecular formula is C82H114F13N9O4. The third-order valence-corrected chi connectivity index (χ3v) is 26.2. The van der Waals surface area contributed by atoms with Gasteiger partial charge in [-0.15, -0.1) is 15.3 Å². The number of benzene rings is 2. The minimum Gasteiger partial charge on any atom is -0.396 e. The monoisotopic (exact) mass is 1540 g/mol. The molecule has 0 saturated heterocycles. The van der Waals surface area contributed by atoms with Crippen molar-refractivity contribution in [2.24, 2.45) is 69.5 Å². The van der Waals surface area contributed by atoms with E-state index in [2.05, 4.69) is 83.1 Å². The fourth-order valence-electron chi connectivity index (χ4n) is 20.3. The Morgan fingerprint density at radius 1 is 0.463 bits per heavy atom. The molecule has 11 rings (SSSR count). The quantitative estimate of drug-likeness (QED) is 0.0225. The Morgan fingerprint density at radius 2 is 0.815 bits per heavy atom. The third kappa shape index (κ3) is 20.3. The van der Waals surface area contributed by atoms with Crippen LogP contribution in [0.3, 0.4) is 0 Å². The zero-order valence-corrected chi connectivity index (χ0v) is 64.0. The van der Waals surface area contributed by atoms with Crippen LogP contribution in [-0.4, -0.2) is 114 Å². The van der Waals surface area contributed by atoms with E-state index in [4.69, 9.17) is 5.11 Å². The highest BCUT2D eigenvalue weighted by Gasteiger charge is 2.71. The van der Waals surface area contributed by atoms with E-state index in [0.717, 1.165) is 143 Å². The van der Waals surface area contributed by atoms with Crippen LogP contribution in [0.4, 0.5) is 57.1 Å². The van der Waals surface area contributed by atoms with Gasteiger partial charge in [-0.05, 0) is 255 Å². The van der Waals surface area contributed by atoms with Gasteiger partial charge in [-0.3, -0.25) is 0 Å². The number of rotatable bonds is 27. The zero-order valence-electron chi connectivity index (χ0n) is 64.0. The lowest BCUT2D eigenvalue weighted by Crippen LogP contribution is -2.56. The van der Waals surface area contributed by atoms with Gasteiger partial charge in [0.1, 0.15) is 17.2 Å². The normalized spacial score (nSPS) is 27.0. The summed E-state index contributed by atoms with van der Waals surface area (Å²) in [5.41, 5.74) is -1.06. The number of aliphatic hydroxyl groups excluding tert-OH is 1. The van der Waals surface area contributed by atoms with Crippen molar-refractivity contribution in [2.45, 2.75) is 290 Å². The molecule has 13 nitrogen and oxygen atoms in total. The van der Waals surface area contributed by atoms with Crippen LogP contribution in [0.5, 0.6) is 0 Å². The molecule has 3 heterocycles. The Morgan fingerprint density at radius 3 is 1.18 bits per heavy atom. The lowest BCUT2D eigenvalue weighted by molar-refractivity contribution is -0.370. The minimum absolute atomic E-state index is 0.0428. The number of allylic oxidation sites excluding steroid dienone is 6. The summed E-state index contributed by atoms with van der Waals surface area (Å²) >= 11 is 0. The Hall–Kier alpha value is -5.99. The van der Waals surface area contributed by atoms with Gasteiger partial charge in [-0.25, -0.2) is 18.4 Å². The van der Waals surface area contributed by atoms with Gasteiger partial charge in [-0.1, -0.05) is 148 Å². The van der Waals surface area contributed by atoms with E-state index in [1.165, 1.54) is 61.8 Å². The maximum atomic E-state index is 13.2. The number of hydrogen-bond acceptors (Lipinski definition) is 10. The molecule has 3 aromatic heterocycles. The fourth-order valence-corrected chi connectivity index (χ4v) is 20.3. The second kappa shape index (κ2) is 35.4. The summed E-state index contributed by atoms with van der Waals surface area (Å²) < 4.78 is 175. The highest BCUT2D eigenvalue weighted by atomic mass is 19.4. The summed E-state index contributed by atoms with van der Waals surface area (Å²) in [7, 11) is 0. The van der Waals surface area contributed by atoms with Gasteiger partial charge < -0.3 is 20.4 Å². The highest BCUT2D eigenvalue weighted by Crippen LogP contribution is 2.63. The van der Waals surface area contributed by atoms with E-state index < -0.39 is 54.3 Å². The average molecular weight is 1540 g/mol. The van der Waals surface area contributed by atoms with Crippen molar-refractivity contribution in [1.82, 2.24) is 45.0 Å². The fraction of sp³-hybridized carbons (Fsp3) is 0.707. The number of aromatic nitrogens is 9. The summed E-state index contributed by atoms with van der Waals surface area (Å²) in [6.45, 7) is 19.3. The molecule has 6 fully saturated rings. The summed E-state index contributed by atoms with van der Waals surface area (Å²) in [4.78, 5) is 0. The molecule has 0 spiro atoms. The van der Waals surface area contributed by atoms with Gasteiger partial charge in [0.25, 0.3) is 11.2 Å². The van der Waals surface area contributed by atoms with Crippen LogP contribution in [0.1, 0.15) is 228 Å². The molecule has 2 aromatic carbocycles. The van der Waals surface area contributed by atoms with E-state index in [-0.39, 0.29) is 72.6 Å². The second-order valence-corrected chi connectivity index (χ2v) is 33.9. The number of halogens is 13. The lowest BCUT2D eigenvalue weighted by atomic mass is 9.60. The van der Waals surface area contributed by atoms with E-state index in [0.29, 0.717) is 36.0 Å².